The van der Waals surface area contributed by atoms with Gasteiger partial charge in [0.1, 0.15) is 0 Å². The molecule has 0 heterocycles. The Labute approximate surface area is 138 Å². The summed E-state index contributed by atoms with van der Waals surface area (Å²) >= 11 is 0. The summed E-state index contributed by atoms with van der Waals surface area (Å²) < 4.78 is 0. The Morgan fingerprint density at radius 2 is 2.00 bits per heavy atom. The van der Waals surface area contributed by atoms with Gasteiger partial charge in [-0.2, -0.15) is 0 Å². The second kappa shape index (κ2) is 5.32. The van der Waals surface area contributed by atoms with E-state index in [0.717, 1.165) is 24.8 Å². The molecule has 3 nitrogen and oxygen atoms in total. The van der Waals surface area contributed by atoms with E-state index in [-0.39, 0.29) is 23.0 Å². The van der Waals surface area contributed by atoms with Gasteiger partial charge in [-0.3, -0.25) is 9.59 Å². The van der Waals surface area contributed by atoms with Crippen molar-refractivity contribution < 1.29 is 14.7 Å². The molecule has 0 aliphatic heterocycles. The van der Waals surface area contributed by atoms with Crippen molar-refractivity contribution in [1.82, 2.24) is 0 Å². The highest BCUT2D eigenvalue weighted by molar-refractivity contribution is 5.98. The predicted octanol–water partition coefficient (Wildman–Crippen LogP) is 4.39. The summed E-state index contributed by atoms with van der Waals surface area (Å²) in [6, 6.07) is 0. The van der Waals surface area contributed by atoms with E-state index in [0.29, 0.717) is 18.8 Å². The normalized spacial score (nSPS) is 40.1. The first-order valence-corrected chi connectivity index (χ1v) is 8.88. The molecule has 0 unspecified atom stereocenters. The topological polar surface area (TPSA) is 54.4 Å². The van der Waals surface area contributed by atoms with E-state index in [2.05, 4.69) is 32.9 Å². The number of fused-ring (bicyclic) bond motifs is 3. The third kappa shape index (κ3) is 2.31. The van der Waals surface area contributed by atoms with Gasteiger partial charge in [-0.15, -0.1) is 0 Å². The SMILES string of the molecule is CC(C)C1=CC[C@H]2C(=C1)C(=O)C[C@@H]1[C@]2(C)CCC[C@@]1(C)C(=O)O. The van der Waals surface area contributed by atoms with E-state index < -0.39 is 11.4 Å². The number of carboxylic acids is 1. The van der Waals surface area contributed by atoms with Crippen molar-refractivity contribution in [2.24, 2.45) is 28.6 Å². The summed E-state index contributed by atoms with van der Waals surface area (Å²) in [7, 11) is 0. The highest BCUT2D eigenvalue weighted by atomic mass is 16.4. The van der Waals surface area contributed by atoms with Crippen LogP contribution in [0, 0.1) is 28.6 Å². The van der Waals surface area contributed by atoms with Crippen LogP contribution in [0.1, 0.15) is 59.8 Å². The molecule has 0 aromatic carbocycles. The van der Waals surface area contributed by atoms with Crippen molar-refractivity contribution in [3.05, 3.63) is 23.3 Å². The van der Waals surface area contributed by atoms with E-state index >= 15 is 0 Å². The van der Waals surface area contributed by atoms with Crippen LogP contribution in [0.15, 0.2) is 23.3 Å². The van der Waals surface area contributed by atoms with E-state index in [1.807, 2.05) is 6.92 Å². The van der Waals surface area contributed by atoms with Gasteiger partial charge in [-0.25, -0.2) is 0 Å². The maximum Gasteiger partial charge on any atom is 0.309 e. The fraction of sp³-hybridized carbons (Fsp3) is 0.700. The van der Waals surface area contributed by atoms with Gasteiger partial charge < -0.3 is 5.11 Å². The Bertz CT molecular complexity index is 612. The fourth-order valence-corrected chi connectivity index (χ4v) is 5.37. The van der Waals surface area contributed by atoms with Crippen LogP contribution < -0.4 is 0 Å². The highest BCUT2D eigenvalue weighted by Crippen LogP contribution is 2.62. The second-order valence-electron chi connectivity index (χ2n) is 8.51. The molecular weight excluding hydrogens is 288 g/mol. The number of carbonyl (C=O) groups excluding carboxylic acids is 1. The van der Waals surface area contributed by atoms with Crippen LogP contribution in [-0.4, -0.2) is 16.9 Å². The predicted molar refractivity (Wildman–Crippen MR) is 89.9 cm³/mol. The maximum atomic E-state index is 12.8. The Balaban J connectivity index is 2.03. The van der Waals surface area contributed by atoms with Crippen LogP contribution >= 0.6 is 0 Å². The summed E-state index contributed by atoms with van der Waals surface area (Å²) in [5.41, 5.74) is 1.37. The van der Waals surface area contributed by atoms with Crippen LogP contribution in [0.3, 0.4) is 0 Å². The minimum atomic E-state index is -0.768. The number of carbonyl (C=O) groups is 2. The van der Waals surface area contributed by atoms with Gasteiger partial charge in [0.2, 0.25) is 0 Å². The van der Waals surface area contributed by atoms with Crippen molar-refractivity contribution in [3.8, 4) is 0 Å². The zero-order chi connectivity index (χ0) is 17.0. The molecule has 4 atom stereocenters. The summed E-state index contributed by atoms with van der Waals surface area (Å²) in [4.78, 5) is 24.8. The zero-order valence-corrected chi connectivity index (χ0v) is 14.7. The lowest BCUT2D eigenvalue weighted by molar-refractivity contribution is -0.165. The molecule has 0 spiro atoms. The molecule has 0 saturated heterocycles. The third-order valence-corrected chi connectivity index (χ3v) is 6.93. The van der Waals surface area contributed by atoms with Gasteiger partial charge in [0.15, 0.2) is 5.78 Å². The second-order valence-corrected chi connectivity index (χ2v) is 8.51. The first-order valence-electron chi connectivity index (χ1n) is 8.88. The molecule has 3 aliphatic rings. The van der Waals surface area contributed by atoms with Crippen LogP contribution in [0.4, 0.5) is 0 Å². The molecular formula is C20H28O3. The van der Waals surface area contributed by atoms with Crippen molar-refractivity contribution in [2.45, 2.75) is 59.8 Å². The Morgan fingerprint density at radius 1 is 1.30 bits per heavy atom. The van der Waals surface area contributed by atoms with Gasteiger partial charge in [-0.1, -0.05) is 39.3 Å². The summed E-state index contributed by atoms with van der Waals surface area (Å²) in [5, 5.41) is 9.81. The molecule has 2 saturated carbocycles. The van der Waals surface area contributed by atoms with Gasteiger partial charge in [-0.05, 0) is 60.5 Å². The molecule has 0 amide bonds. The smallest absolute Gasteiger partial charge is 0.309 e. The first kappa shape index (κ1) is 16.5. The van der Waals surface area contributed by atoms with Crippen LogP contribution in [-0.2, 0) is 9.59 Å². The zero-order valence-electron chi connectivity index (χ0n) is 14.7. The van der Waals surface area contributed by atoms with Crippen molar-refractivity contribution >= 4 is 11.8 Å². The monoisotopic (exact) mass is 316 g/mol. The molecule has 126 valence electrons. The van der Waals surface area contributed by atoms with Crippen molar-refractivity contribution in [2.75, 3.05) is 0 Å². The summed E-state index contributed by atoms with van der Waals surface area (Å²) in [6.45, 7) is 8.40. The number of aliphatic carboxylic acids is 1. The molecule has 3 rings (SSSR count). The summed E-state index contributed by atoms with van der Waals surface area (Å²) in [6.07, 6.45) is 8.31. The molecule has 1 N–H and O–H groups in total. The standard InChI is InChI=1S/C20H28O3/c1-12(2)13-6-7-15-14(10-13)16(21)11-17-19(15,3)8-5-9-20(17,4)18(22)23/h6,10,12,15,17H,5,7-9,11H2,1-4H3,(H,22,23)/t15-,17+,19+,20+/m0/s1. The minimum Gasteiger partial charge on any atom is -0.481 e. The molecule has 0 radical (unpaired) electrons. The fourth-order valence-electron chi connectivity index (χ4n) is 5.37. The molecule has 3 aliphatic carbocycles. The van der Waals surface area contributed by atoms with Crippen LogP contribution in [0.25, 0.3) is 0 Å². The van der Waals surface area contributed by atoms with E-state index in [1.165, 1.54) is 5.57 Å². The lowest BCUT2D eigenvalue weighted by atomic mass is 9.46. The van der Waals surface area contributed by atoms with E-state index in [4.69, 9.17) is 0 Å². The quantitative estimate of drug-likeness (QED) is 0.822. The average molecular weight is 316 g/mol. The average Bonchev–Trinajstić information content (AvgIpc) is 2.49. The Hall–Kier alpha value is -1.38. The molecule has 3 heteroatoms. The molecule has 2 fully saturated rings. The van der Waals surface area contributed by atoms with Crippen LogP contribution in [0.2, 0.25) is 0 Å². The van der Waals surface area contributed by atoms with Gasteiger partial charge in [0, 0.05) is 6.42 Å². The number of Topliss-reactive ketones (excluding diaryl/α,β-unsaturated/α-hetero) is 1. The Kier molecular flexibility index (Phi) is 3.81. The maximum absolute atomic E-state index is 12.8. The Morgan fingerprint density at radius 3 is 2.61 bits per heavy atom. The van der Waals surface area contributed by atoms with Gasteiger partial charge >= 0.3 is 5.97 Å². The lowest BCUT2D eigenvalue weighted by Gasteiger charge is -2.57. The summed E-state index contributed by atoms with van der Waals surface area (Å²) in [5.74, 6) is 0.0125. The molecule has 0 aromatic rings. The molecule has 0 aromatic heterocycles. The molecule has 0 bridgehead atoms. The van der Waals surface area contributed by atoms with Crippen molar-refractivity contribution in [3.63, 3.8) is 0 Å². The van der Waals surface area contributed by atoms with E-state index in [9.17, 15) is 14.7 Å². The van der Waals surface area contributed by atoms with Gasteiger partial charge in [0.05, 0.1) is 5.41 Å². The number of rotatable bonds is 2. The van der Waals surface area contributed by atoms with Crippen molar-refractivity contribution in [1.29, 1.82) is 0 Å². The number of hydrogen-bond donors (Lipinski definition) is 1. The third-order valence-electron chi connectivity index (χ3n) is 6.93. The molecule has 23 heavy (non-hydrogen) atoms. The van der Waals surface area contributed by atoms with Gasteiger partial charge in [0.25, 0.3) is 0 Å². The number of ketones is 1. The largest absolute Gasteiger partial charge is 0.481 e. The van der Waals surface area contributed by atoms with Crippen LogP contribution in [0.5, 0.6) is 0 Å². The number of hydrogen-bond acceptors (Lipinski definition) is 2. The number of allylic oxidation sites excluding steroid dienone is 4. The number of carboxylic acid groups (broad SMARTS) is 1. The van der Waals surface area contributed by atoms with E-state index in [1.54, 1.807) is 0 Å². The first-order chi connectivity index (χ1) is 10.7. The minimum absolute atomic E-state index is 0.0510. The highest BCUT2D eigenvalue weighted by Gasteiger charge is 2.59. The lowest BCUT2D eigenvalue weighted by Crippen LogP contribution is -2.55.